The molecule has 0 aliphatic heterocycles. The lowest BCUT2D eigenvalue weighted by Gasteiger charge is -2.21. The molecule has 2 unspecified atom stereocenters. The average molecular weight is 500 g/mol. The molecule has 2 aromatic carbocycles. The summed E-state index contributed by atoms with van der Waals surface area (Å²) in [5.74, 6) is 1.54. The third kappa shape index (κ3) is 6.40. The van der Waals surface area contributed by atoms with Crippen LogP contribution in [0.25, 0.3) is 4.85 Å². The second kappa shape index (κ2) is 11.1. The number of benzene rings is 2. The zero-order chi connectivity index (χ0) is 25.8. The Morgan fingerprint density at radius 2 is 1.86 bits per heavy atom. The van der Waals surface area contributed by atoms with Gasteiger partial charge in [0.2, 0.25) is 0 Å². The molecule has 3 atom stereocenters. The van der Waals surface area contributed by atoms with Crippen LogP contribution in [0.1, 0.15) is 73.4 Å². The van der Waals surface area contributed by atoms with E-state index in [1.165, 1.54) is 0 Å². The van der Waals surface area contributed by atoms with E-state index in [1.807, 2.05) is 42.5 Å². The molecule has 0 heterocycles. The fourth-order valence-electron chi connectivity index (χ4n) is 5.33. The predicted octanol–water partition coefficient (Wildman–Crippen LogP) is 5.07. The number of ether oxygens (including phenoxy) is 1. The van der Waals surface area contributed by atoms with E-state index in [2.05, 4.69) is 22.4 Å². The molecule has 0 bridgehead atoms. The number of Topliss-reactive ketones (excluding diaryl/α,β-unsaturated/α-hetero) is 1. The number of rotatable bonds is 12. The first kappa shape index (κ1) is 25.5. The quantitative estimate of drug-likeness (QED) is 0.400. The molecule has 0 saturated heterocycles. The maximum absolute atomic E-state index is 13.6. The van der Waals surface area contributed by atoms with Crippen molar-refractivity contribution in [1.82, 2.24) is 10.6 Å². The van der Waals surface area contributed by atoms with Crippen LogP contribution in [0, 0.1) is 18.4 Å². The second-order valence-electron chi connectivity index (χ2n) is 11.2. The van der Waals surface area contributed by atoms with Gasteiger partial charge >= 0.3 is 0 Å². The fraction of sp³-hybridized carbons (Fsp3) is 0.516. The lowest BCUT2D eigenvalue weighted by molar-refractivity contribution is -0.120. The van der Waals surface area contributed by atoms with E-state index in [9.17, 15) is 9.59 Å². The van der Waals surface area contributed by atoms with E-state index in [0.29, 0.717) is 42.2 Å². The van der Waals surface area contributed by atoms with Crippen molar-refractivity contribution < 1.29 is 14.3 Å². The first-order chi connectivity index (χ1) is 18.0. The van der Waals surface area contributed by atoms with Gasteiger partial charge in [-0.25, -0.2) is 6.57 Å². The van der Waals surface area contributed by atoms with Gasteiger partial charge in [0.05, 0.1) is 19.2 Å². The summed E-state index contributed by atoms with van der Waals surface area (Å²) >= 11 is 0. The molecule has 0 spiro atoms. The molecule has 194 valence electrons. The Morgan fingerprint density at radius 1 is 1.14 bits per heavy atom. The summed E-state index contributed by atoms with van der Waals surface area (Å²) in [7, 11) is 0. The van der Waals surface area contributed by atoms with Gasteiger partial charge in [-0.1, -0.05) is 37.3 Å². The van der Waals surface area contributed by atoms with E-state index >= 15 is 0 Å². The summed E-state index contributed by atoms with van der Waals surface area (Å²) in [5.41, 5.74) is 1.70. The normalized spacial score (nSPS) is 22.6. The SMILES string of the molecule is [C-]#[N+]C1(c2cc(OCC3CC3C)cc(C(=O)N[C@@H](Cc3ccccc3)C(=O)CNC3CC3)c2)CCCC1. The van der Waals surface area contributed by atoms with Crippen LogP contribution < -0.4 is 15.4 Å². The summed E-state index contributed by atoms with van der Waals surface area (Å²) < 4.78 is 6.14. The Hall–Kier alpha value is -3.17. The minimum atomic E-state index is -0.636. The van der Waals surface area contributed by atoms with Gasteiger partial charge in [-0.05, 0) is 74.1 Å². The van der Waals surface area contributed by atoms with Gasteiger partial charge in [0.25, 0.3) is 11.4 Å². The van der Waals surface area contributed by atoms with Crippen molar-refractivity contribution in [3.05, 3.63) is 76.6 Å². The molecule has 3 aliphatic rings. The molecule has 1 amide bonds. The lowest BCUT2D eigenvalue weighted by Crippen LogP contribution is -2.46. The number of hydrogen-bond donors (Lipinski definition) is 2. The first-order valence-electron chi connectivity index (χ1n) is 13.7. The highest BCUT2D eigenvalue weighted by molar-refractivity contribution is 5.99. The smallest absolute Gasteiger partial charge is 0.257 e. The van der Waals surface area contributed by atoms with Crippen molar-refractivity contribution in [3.63, 3.8) is 0 Å². The molecule has 6 heteroatoms. The average Bonchev–Trinajstić information content (AvgIpc) is 3.83. The van der Waals surface area contributed by atoms with Crippen molar-refractivity contribution in [1.29, 1.82) is 0 Å². The zero-order valence-corrected chi connectivity index (χ0v) is 21.7. The Bertz CT molecular complexity index is 1160. The van der Waals surface area contributed by atoms with Crippen LogP contribution in [-0.2, 0) is 16.8 Å². The van der Waals surface area contributed by atoms with Crippen molar-refractivity contribution in [2.75, 3.05) is 13.2 Å². The van der Waals surface area contributed by atoms with Crippen LogP contribution in [0.3, 0.4) is 0 Å². The maximum Gasteiger partial charge on any atom is 0.257 e. The Kier molecular flexibility index (Phi) is 7.62. The van der Waals surface area contributed by atoms with Gasteiger partial charge in [0.15, 0.2) is 5.78 Å². The molecule has 5 rings (SSSR count). The lowest BCUT2D eigenvalue weighted by atomic mass is 9.87. The molecule has 3 saturated carbocycles. The number of hydrogen-bond acceptors (Lipinski definition) is 4. The maximum atomic E-state index is 13.6. The number of ketones is 1. The second-order valence-corrected chi connectivity index (χ2v) is 11.2. The largest absolute Gasteiger partial charge is 0.493 e. The van der Waals surface area contributed by atoms with E-state index in [1.54, 1.807) is 6.07 Å². The van der Waals surface area contributed by atoms with Gasteiger partial charge in [-0.15, -0.1) is 0 Å². The van der Waals surface area contributed by atoms with Crippen molar-refractivity contribution >= 4 is 11.7 Å². The van der Waals surface area contributed by atoms with E-state index in [4.69, 9.17) is 11.3 Å². The molecule has 2 N–H and O–H groups in total. The van der Waals surface area contributed by atoms with Crippen LogP contribution >= 0.6 is 0 Å². The Labute approximate surface area is 220 Å². The number of carbonyl (C=O) groups is 2. The van der Waals surface area contributed by atoms with Gasteiger partial charge < -0.3 is 20.2 Å². The minimum Gasteiger partial charge on any atom is -0.493 e. The highest BCUT2D eigenvalue weighted by Crippen LogP contribution is 2.44. The van der Waals surface area contributed by atoms with Crippen molar-refractivity contribution in [2.45, 2.75) is 75.9 Å². The topological polar surface area (TPSA) is 71.8 Å². The van der Waals surface area contributed by atoms with Crippen molar-refractivity contribution in [3.8, 4) is 5.75 Å². The molecular formula is C31H37N3O3. The Balaban J connectivity index is 1.38. The third-order valence-corrected chi connectivity index (χ3v) is 8.21. The summed E-state index contributed by atoms with van der Waals surface area (Å²) in [6.07, 6.45) is 7.41. The van der Waals surface area contributed by atoms with Crippen LogP contribution in [0.2, 0.25) is 0 Å². The molecule has 3 fully saturated rings. The standard InChI is InChI=1S/C31H37N3O3/c1-21-14-24(21)20-37-27-17-23(16-25(18-27)31(32-2)12-6-7-13-31)30(36)34-28(15-22-8-4-3-5-9-22)29(35)19-33-26-10-11-26/h3-5,8-9,16-18,21,24,26,28,33H,6-7,10-15,19-20H2,1H3,(H,34,36)/t21?,24?,28-/m0/s1. The number of carbonyl (C=O) groups excluding carboxylic acids is 2. The molecule has 0 aromatic heterocycles. The van der Waals surface area contributed by atoms with Crippen LogP contribution in [0.4, 0.5) is 0 Å². The van der Waals surface area contributed by atoms with Gasteiger partial charge in [0, 0.05) is 30.0 Å². The fourth-order valence-corrected chi connectivity index (χ4v) is 5.33. The van der Waals surface area contributed by atoms with Gasteiger partial charge in [-0.3, -0.25) is 9.59 Å². The summed E-state index contributed by atoms with van der Waals surface area (Å²) in [4.78, 5) is 30.8. The molecule has 0 radical (unpaired) electrons. The van der Waals surface area contributed by atoms with Gasteiger partial charge in [0.1, 0.15) is 5.75 Å². The number of nitrogens with zero attached hydrogens (tertiary/aromatic N) is 1. The third-order valence-electron chi connectivity index (χ3n) is 8.21. The first-order valence-corrected chi connectivity index (χ1v) is 13.7. The molecule has 6 nitrogen and oxygen atoms in total. The number of nitrogens with one attached hydrogen (secondary N) is 2. The molecule has 37 heavy (non-hydrogen) atoms. The molecular weight excluding hydrogens is 462 g/mol. The van der Waals surface area contributed by atoms with Crippen LogP contribution in [0.5, 0.6) is 5.75 Å². The molecule has 2 aromatic rings. The summed E-state index contributed by atoms with van der Waals surface area (Å²) in [6.45, 7) is 11.0. The van der Waals surface area contributed by atoms with E-state index in [0.717, 1.165) is 56.1 Å². The summed E-state index contributed by atoms with van der Waals surface area (Å²) in [5, 5.41) is 6.31. The van der Waals surface area contributed by atoms with Crippen LogP contribution in [0.15, 0.2) is 48.5 Å². The van der Waals surface area contributed by atoms with Crippen LogP contribution in [-0.4, -0.2) is 36.9 Å². The zero-order valence-electron chi connectivity index (χ0n) is 21.7. The van der Waals surface area contributed by atoms with Gasteiger partial charge in [-0.2, -0.15) is 0 Å². The van der Waals surface area contributed by atoms with E-state index in [-0.39, 0.29) is 18.2 Å². The van der Waals surface area contributed by atoms with E-state index < -0.39 is 11.6 Å². The predicted molar refractivity (Wildman–Crippen MR) is 143 cm³/mol. The summed E-state index contributed by atoms with van der Waals surface area (Å²) in [6, 6.07) is 15.1. The monoisotopic (exact) mass is 499 g/mol. The molecule has 3 aliphatic carbocycles. The highest BCUT2D eigenvalue weighted by atomic mass is 16.5. The Morgan fingerprint density at radius 3 is 2.51 bits per heavy atom. The minimum absolute atomic E-state index is 0.0205. The highest BCUT2D eigenvalue weighted by Gasteiger charge is 2.43. The van der Waals surface area contributed by atoms with Crippen molar-refractivity contribution in [2.24, 2.45) is 11.8 Å². The number of amides is 1.